The van der Waals surface area contributed by atoms with Gasteiger partial charge in [0.15, 0.2) is 0 Å². The zero-order valence-corrected chi connectivity index (χ0v) is 11.2. The number of piperazine rings is 1. The third-order valence-electron chi connectivity index (χ3n) is 3.59. The second-order valence-electron chi connectivity index (χ2n) is 5.23. The highest BCUT2D eigenvalue weighted by Crippen LogP contribution is 2.22. The van der Waals surface area contributed by atoms with Crippen molar-refractivity contribution in [2.45, 2.75) is 18.6 Å². The summed E-state index contributed by atoms with van der Waals surface area (Å²) >= 11 is 0. The lowest BCUT2D eigenvalue weighted by molar-refractivity contribution is -0.125. The van der Waals surface area contributed by atoms with Crippen molar-refractivity contribution in [3.05, 3.63) is 35.9 Å². The van der Waals surface area contributed by atoms with E-state index < -0.39 is 5.60 Å². The standard InChI is InChI=1S/C14H21N3O2/c1-14(19,11-5-3-2-4-6-11)10-17-8-7-16-9-12(17)13(15)18/h2-6,12,16,19H,7-10H2,1H3,(H2,15,18). The summed E-state index contributed by atoms with van der Waals surface area (Å²) in [5.74, 6) is -0.351. The molecule has 1 aromatic carbocycles. The van der Waals surface area contributed by atoms with E-state index in [1.807, 2.05) is 35.2 Å². The maximum atomic E-state index is 11.4. The minimum Gasteiger partial charge on any atom is -0.384 e. The van der Waals surface area contributed by atoms with E-state index in [9.17, 15) is 9.90 Å². The SMILES string of the molecule is CC(O)(CN1CCNCC1C(N)=O)c1ccccc1. The maximum Gasteiger partial charge on any atom is 0.236 e. The normalized spacial score (nSPS) is 23.8. The molecule has 2 atom stereocenters. The highest BCUT2D eigenvalue weighted by molar-refractivity contribution is 5.80. The minimum absolute atomic E-state index is 0.351. The highest BCUT2D eigenvalue weighted by Gasteiger charge is 2.33. The van der Waals surface area contributed by atoms with E-state index in [0.29, 0.717) is 19.6 Å². The number of amides is 1. The van der Waals surface area contributed by atoms with Crippen LogP contribution in [0.15, 0.2) is 30.3 Å². The van der Waals surface area contributed by atoms with Crippen LogP contribution in [-0.4, -0.2) is 48.1 Å². The van der Waals surface area contributed by atoms with E-state index in [-0.39, 0.29) is 11.9 Å². The predicted octanol–water partition coefficient (Wildman–Crippen LogP) is -0.347. The minimum atomic E-state index is -0.994. The monoisotopic (exact) mass is 263 g/mol. The van der Waals surface area contributed by atoms with Crippen molar-refractivity contribution in [1.82, 2.24) is 10.2 Å². The van der Waals surface area contributed by atoms with Gasteiger partial charge in [-0.3, -0.25) is 9.69 Å². The van der Waals surface area contributed by atoms with Gasteiger partial charge in [0.2, 0.25) is 5.91 Å². The van der Waals surface area contributed by atoms with Crippen molar-refractivity contribution < 1.29 is 9.90 Å². The number of nitrogens with zero attached hydrogens (tertiary/aromatic N) is 1. The smallest absolute Gasteiger partial charge is 0.236 e. The number of nitrogens with one attached hydrogen (secondary N) is 1. The second-order valence-corrected chi connectivity index (χ2v) is 5.23. The molecule has 1 aliphatic heterocycles. The van der Waals surface area contributed by atoms with E-state index in [1.54, 1.807) is 6.92 Å². The highest BCUT2D eigenvalue weighted by atomic mass is 16.3. The summed E-state index contributed by atoms with van der Waals surface area (Å²) in [4.78, 5) is 13.4. The average Bonchev–Trinajstić information content (AvgIpc) is 2.39. The van der Waals surface area contributed by atoms with Crippen LogP contribution in [0.4, 0.5) is 0 Å². The summed E-state index contributed by atoms with van der Waals surface area (Å²) < 4.78 is 0. The fraction of sp³-hybridized carbons (Fsp3) is 0.500. The van der Waals surface area contributed by atoms with Crippen molar-refractivity contribution in [3.8, 4) is 0 Å². The zero-order valence-electron chi connectivity index (χ0n) is 11.2. The molecule has 0 spiro atoms. The second kappa shape index (κ2) is 5.69. The lowest BCUT2D eigenvalue weighted by Crippen LogP contribution is -2.59. The summed E-state index contributed by atoms with van der Waals surface area (Å²) in [6, 6.07) is 9.13. The molecule has 104 valence electrons. The van der Waals surface area contributed by atoms with E-state index >= 15 is 0 Å². The molecule has 2 rings (SSSR count). The van der Waals surface area contributed by atoms with Crippen LogP contribution in [0.2, 0.25) is 0 Å². The molecule has 1 amide bonds. The van der Waals surface area contributed by atoms with E-state index in [4.69, 9.17) is 5.73 Å². The van der Waals surface area contributed by atoms with Crippen molar-refractivity contribution in [2.24, 2.45) is 5.73 Å². The Labute approximate surface area is 113 Å². The maximum absolute atomic E-state index is 11.4. The van der Waals surface area contributed by atoms with Crippen LogP contribution in [0.1, 0.15) is 12.5 Å². The van der Waals surface area contributed by atoms with Gasteiger partial charge in [-0.05, 0) is 12.5 Å². The third kappa shape index (κ3) is 3.32. The van der Waals surface area contributed by atoms with Crippen LogP contribution >= 0.6 is 0 Å². The summed E-state index contributed by atoms with van der Waals surface area (Å²) in [5.41, 5.74) is 5.26. The van der Waals surface area contributed by atoms with Gasteiger partial charge in [-0.1, -0.05) is 30.3 Å². The Kier molecular flexibility index (Phi) is 4.19. The van der Waals surface area contributed by atoms with Crippen LogP contribution < -0.4 is 11.1 Å². The fourth-order valence-corrected chi connectivity index (χ4v) is 2.50. The van der Waals surface area contributed by atoms with Crippen LogP contribution in [0.3, 0.4) is 0 Å². The molecule has 4 N–H and O–H groups in total. The molecule has 1 aromatic rings. The number of carbonyl (C=O) groups is 1. The number of nitrogens with two attached hydrogens (primary N) is 1. The fourth-order valence-electron chi connectivity index (χ4n) is 2.50. The van der Waals surface area contributed by atoms with E-state index in [1.165, 1.54) is 0 Å². The van der Waals surface area contributed by atoms with Crippen molar-refractivity contribution >= 4 is 5.91 Å². The Balaban J connectivity index is 2.12. The molecule has 1 fully saturated rings. The number of benzene rings is 1. The first-order valence-electron chi connectivity index (χ1n) is 6.53. The molecular weight excluding hydrogens is 242 g/mol. The molecule has 0 aromatic heterocycles. The van der Waals surface area contributed by atoms with Crippen LogP contribution in [-0.2, 0) is 10.4 Å². The third-order valence-corrected chi connectivity index (χ3v) is 3.59. The average molecular weight is 263 g/mol. The Morgan fingerprint density at radius 1 is 1.53 bits per heavy atom. The number of primary amides is 1. The van der Waals surface area contributed by atoms with Gasteiger partial charge in [0, 0.05) is 26.2 Å². The van der Waals surface area contributed by atoms with Gasteiger partial charge in [0.25, 0.3) is 0 Å². The Hall–Kier alpha value is -1.43. The Bertz CT molecular complexity index is 434. The molecule has 1 saturated heterocycles. The number of rotatable bonds is 4. The molecule has 0 aliphatic carbocycles. The topological polar surface area (TPSA) is 78.6 Å². The summed E-state index contributed by atoms with van der Waals surface area (Å²) in [6.45, 7) is 4.21. The van der Waals surface area contributed by atoms with Crippen LogP contribution in [0, 0.1) is 0 Å². The number of β-amino-alcohol motifs (C(OH)–C–C–N with tert-alkyl or cyclic N) is 1. The number of aliphatic hydroxyl groups is 1. The Morgan fingerprint density at radius 2 is 2.21 bits per heavy atom. The van der Waals surface area contributed by atoms with Crippen molar-refractivity contribution in [3.63, 3.8) is 0 Å². The van der Waals surface area contributed by atoms with Crippen LogP contribution in [0.25, 0.3) is 0 Å². The van der Waals surface area contributed by atoms with Crippen molar-refractivity contribution in [2.75, 3.05) is 26.2 Å². The number of carbonyl (C=O) groups excluding carboxylic acids is 1. The lowest BCUT2D eigenvalue weighted by Gasteiger charge is -2.38. The van der Waals surface area contributed by atoms with Gasteiger partial charge in [0.05, 0.1) is 5.60 Å². The molecule has 0 radical (unpaired) electrons. The first kappa shape index (κ1) is 14.0. The molecular formula is C14H21N3O2. The van der Waals surface area contributed by atoms with Gasteiger partial charge < -0.3 is 16.2 Å². The first-order chi connectivity index (χ1) is 9.00. The first-order valence-corrected chi connectivity index (χ1v) is 6.53. The van der Waals surface area contributed by atoms with Gasteiger partial charge in [-0.15, -0.1) is 0 Å². The quantitative estimate of drug-likeness (QED) is 0.694. The van der Waals surface area contributed by atoms with Crippen LogP contribution in [0.5, 0.6) is 0 Å². The molecule has 0 saturated carbocycles. The van der Waals surface area contributed by atoms with Gasteiger partial charge in [-0.25, -0.2) is 0 Å². The van der Waals surface area contributed by atoms with E-state index in [2.05, 4.69) is 5.32 Å². The molecule has 1 heterocycles. The molecule has 5 nitrogen and oxygen atoms in total. The summed E-state index contributed by atoms with van der Waals surface area (Å²) in [6.07, 6.45) is 0. The van der Waals surface area contributed by atoms with Gasteiger partial charge in [-0.2, -0.15) is 0 Å². The largest absolute Gasteiger partial charge is 0.384 e. The van der Waals surface area contributed by atoms with E-state index in [0.717, 1.165) is 12.1 Å². The van der Waals surface area contributed by atoms with Gasteiger partial charge >= 0.3 is 0 Å². The molecule has 5 heteroatoms. The zero-order chi connectivity index (χ0) is 13.9. The van der Waals surface area contributed by atoms with Crippen molar-refractivity contribution in [1.29, 1.82) is 0 Å². The lowest BCUT2D eigenvalue weighted by atomic mass is 9.94. The molecule has 19 heavy (non-hydrogen) atoms. The Morgan fingerprint density at radius 3 is 2.84 bits per heavy atom. The number of hydrogen-bond acceptors (Lipinski definition) is 4. The molecule has 0 bridgehead atoms. The predicted molar refractivity (Wildman–Crippen MR) is 73.4 cm³/mol. The summed E-state index contributed by atoms with van der Waals surface area (Å²) in [7, 11) is 0. The van der Waals surface area contributed by atoms with Gasteiger partial charge in [0.1, 0.15) is 6.04 Å². The molecule has 1 aliphatic rings. The summed E-state index contributed by atoms with van der Waals surface area (Å²) in [5, 5.41) is 13.8. The number of hydrogen-bond donors (Lipinski definition) is 3. The molecule has 2 unspecified atom stereocenters.